The van der Waals surface area contributed by atoms with E-state index >= 15 is 0 Å². The van der Waals surface area contributed by atoms with Gasteiger partial charge < -0.3 is 5.11 Å². The van der Waals surface area contributed by atoms with Gasteiger partial charge in [0.2, 0.25) is 0 Å². The Kier molecular flexibility index (Phi) is 4.36. The van der Waals surface area contributed by atoms with Crippen LogP contribution in [0.2, 0.25) is 0 Å². The smallest absolute Gasteiger partial charge is 0.111 e. The molecule has 0 aliphatic carbocycles. The first-order valence-corrected chi connectivity index (χ1v) is 4.83. The highest BCUT2D eigenvalue weighted by molar-refractivity contribution is 5.19. The first kappa shape index (κ1) is 11.0. The summed E-state index contributed by atoms with van der Waals surface area (Å²) in [6.45, 7) is 6.21. The molecule has 2 N–H and O–H groups in total. The zero-order valence-electron chi connectivity index (χ0n) is 8.48. The molecule has 2 unspecified atom stereocenters. The highest BCUT2D eigenvalue weighted by atomic mass is 16.3. The second kappa shape index (κ2) is 5.58. The van der Waals surface area contributed by atoms with Crippen LogP contribution in [-0.2, 0) is 0 Å². The lowest BCUT2D eigenvalue weighted by atomic mass is 10.00. The molecule has 14 heavy (non-hydrogen) atoms. The zero-order valence-corrected chi connectivity index (χ0v) is 8.48. The second-order valence-electron chi connectivity index (χ2n) is 3.34. The van der Waals surface area contributed by atoms with Crippen LogP contribution in [0, 0.1) is 0 Å². The predicted molar refractivity (Wildman–Crippen MR) is 59.1 cm³/mol. The molecule has 0 saturated carbocycles. The van der Waals surface area contributed by atoms with Gasteiger partial charge in [-0.3, -0.25) is 5.32 Å². The largest absolute Gasteiger partial charge is 0.378 e. The fourth-order valence-corrected chi connectivity index (χ4v) is 1.32. The number of nitrogens with one attached hydrogen (secondary N) is 1. The lowest BCUT2D eigenvalue weighted by Gasteiger charge is -2.19. The summed E-state index contributed by atoms with van der Waals surface area (Å²) in [5, 5.41) is 12.7. The van der Waals surface area contributed by atoms with Crippen LogP contribution in [-0.4, -0.2) is 17.9 Å². The Balaban J connectivity index is 2.56. The van der Waals surface area contributed by atoms with E-state index in [4.69, 9.17) is 0 Å². The molecule has 0 fully saturated rings. The van der Waals surface area contributed by atoms with Crippen LogP contribution in [0.25, 0.3) is 0 Å². The molecule has 76 valence electrons. The average molecular weight is 191 g/mol. The fraction of sp³-hybridized carbons (Fsp3) is 0.333. The molecule has 2 nitrogen and oxygen atoms in total. The number of hydrogen-bond donors (Lipinski definition) is 2. The highest BCUT2D eigenvalue weighted by Gasteiger charge is 2.13. The number of aliphatic hydroxyl groups is 1. The van der Waals surface area contributed by atoms with Gasteiger partial charge in [0.05, 0.1) is 0 Å². The first-order valence-electron chi connectivity index (χ1n) is 4.83. The Bertz CT molecular complexity index is 271. The Labute approximate surface area is 85.3 Å². The van der Waals surface area contributed by atoms with E-state index in [2.05, 4.69) is 11.9 Å². The van der Waals surface area contributed by atoms with Crippen LogP contribution < -0.4 is 5.32 Å². The first-order chi connectivity index (χ1) is 6.75. The van der Waals surface area contributed by atoms with E-state index in [1.54, 1.807) is 6.08 Å². The Morgan fingerprint density at radius 1 is 1.43 bits per heavy atom. The van der Waals surface area contributed by atoms with Crippen molar-refractivity contribution in [2.24, 2.45) is 0 Å². The maximum absolute atomic E-state index is 9.74. The van der Waals surface area contributed by atoms with Crippen molar-refractivity contribution in [3.63, 3.8) is 0 Å². The molecule has 0 aliphatic rings. The molecule has 0 radical (unpaired) electrons. The Morgan fingerprint density at radius 2 is 2.07 bits per heavy atom. The fourth-order valence-electron chi connectivity index (χ4n) is 1.32. The standard InChI is InChI=1S/C12H17NO/c1-3-9-13-12(14)10(2)11-7-5-4-6-8-11/h3-8,10,12-14H,1,9H2,2H3. The maximum Gasteiger partial charge on any atom is 0.111 e. The van der Waals surface area contributed by atoms with E-state index in [1.165, 1.54) is 0 Å². The summed E-state index contributed by atoms with van der Waals surface area (Å²) in [6, 6.07) is 9.96. The quantitative estimate of drug-likeness (QED) is 0.550. The van der Waals surface area contributed by atoms with E-state index in [0.29, 0.717) is 6.54 Å². The van der Waals surface area contributed by atoms with Crippen LogP contribution in [0.15, 0.2) is 43.0 Å². The highest BCUT2D eigenvalue weighted by Crippen LogP contribution is 2.16. The van der Waals surface area contributed by atoms with Gasteiger partial charge in [-0.05, 0) is 5.56 Å². The van der Waals surface area contributed by atoms with Crippen molar-refractivity contribution in [1.82, 2.24) is 5.32 Å². The van der Waals surface area contributed by atoms with Gasteiger partial charge in [0.25, 0.3) is 0 Å². The summed E-state index contributed by atoms with van der Waals surface area (Å²) < 4.78 is 0. The molecule has 0 amide bonds. The van der Waals surface area contributed by atoms with Gasteiger partial charge in [-0.25, -0.2) is 0 Å². The minimum atomic E-state index is -0.518. The molecule has 2 heteroatoms. The van der Waals surface area contributed by atoms with Gasteiger partial charge in [0, 0.05) is 12.5 Å². The molecule has 0 heterocycles. The van der Waals surface area contributed by atoms with E-state index < -0.39 is 6.23 Å². The van der Waals surface area contributed by atoms with Crippen LogP contribution in [0.3, 0.4) is 0 Å². The van der Waals surface area contributed by atoms with Crippen LogP contribution in [0.5, 0.6) is 0 Å². The summed E-state index contributed by atoms with van der Waals surface area (Å²) in [5.41, 5.74) is 1.14. The number of aliphatic hydroxyl groups excluding tert-OH is 1. The molecule has 1 aromatic rings. The Hall–Kier alpha value is -1.12. The minimum absolute atomic E-state index is 0.0937. The molecule has 2 atom stereocenters. The van der Waals surface area contributed by atoms with E-state index in [9.17, 15) is 5.11 Å². The number of hydrogen-bond acceptors (Lipinski definition) is 2. The SMILES string of the molecule is C=CCNC(O)C(C)c1ccccc1. The maximum atomic E-state index is 9.74. The van der Waals surface area contributed by atoms with Gasteiger partial charge in [-0.2, -0.15) is 0 Å². The van der Waals surface area contributed by atoms with Crippen molar-refractivity contribution in [2.45, 2.75) is 19.1 Å². The van der Waals surface area contributed by atoms with Crippen molar-refractivity contribution < 1.29 is 5.11 Å². The topological polar surface area (TPSA) is 32.3 Å². The zero-order chi connectivity index (χ0) is 10.4. The molecular formula is C12H17NO. The lowest BCUT2D eigenvalue weighted by molar-refractivity contribution is 0.117. The molecule has 0 bridgehead atoms. The third kappa shape index (κ3) is 2.98. The third-order valence-corrected chi connectivity index (χ3v) is 2.27. The van der Waals surface area contributed by atoms with Crippen molar-refractivity contribution >= 4 is 0 Å². The van der Waals surface area contributed by atoms with E-state index in [0.717, 1.165) is 5.56 Å². The molecular weight excluding hydrogens is 174 g/mol. The van der Waals surface area contributed by atoms with E-state index in [-0.39, 0.29) is 5.92 Å². The molecule has 0 spiro atoms. The Morgan fingerprint density at radius 3 is 2.64 bits per heavy atom. The second-order valence-corrected chi connectivity index (χ2v) is 3.34. The van der Waals surface area contributed by atoms with Gasteiger partial charge in [0.15, 0.2) is 0 Å². The molecule has 0 aliphatic heterocycles. The van der Waals surface area contributed by atoms with Crippen molar-refractivity contribution in [1.29, 1.82) is 0 Å². The normalized spacial score (nSPS) is 14.7. The summed E-state index contributed by atoms with van der Waals surface area (Å²) in [7, 11) is 0. The lowest BCUT2D eigenvalue weighted by Crippen LogP contribution is -2.33. The summed E-state index contributed by atoms with van der Waals surface area (Å²) in [5.74, 6) is 0.0937. The number of rotatable bonds is 5. The molecule has 0 aromatic heterocycles. The minimum Gasteiger partial charge on any atom is -0.378 e. The van der Waals surface area contributed by atoms with Crippen LogP contribution >= 0.6 is 0 Å². The van der Waals surface area contributed by atoms with Crippen molar-refractivity contribution in [3.05, 3.63) is 48.6 Å². The predicted octanol–water partition coefficient (Wildman–Crippen LogP) is 1.88. The van der Waals surface area contributed by atoms with Crippen molar-refractivity contribution in [3.8, 4) is 0 Å². The van der Waals surface area contributed by atoms with Gasteiger partial charge in [-0.15, -0.1) is 6.58 Å². The summed E-state index contributed by atoms with van der Waals surface area (Å²) in [6.07, 6.45) is 1.22. The van der Waals surface area contributed by atoms with E-state index in [1.807, 2.05) is 37.3 Å². The molecule has 1 rings (SSSR count). The molecule has 1 aromatic carbocycles. The molecule has 0 saturated heterocycles. The van der Waals surface area contributed by atoms with Crippen molar-refractivity contribution in [2.75, 3.05) is 6.54 Å². The summed E-state index contributed by atoms with van der Waals surface area (Å²) in [4.78, 5) is 0. The van der Waals surface area contributed by atoms with Gasteiger partial charge in [-0.1, -0.05) is 43.3 Å². The number of benzene rings is 1. The third-order valence-electron chi connectivity index (χ3n) is 2.27. The van der Waals surface area contributed by atoms with Gasteiger partial charge in [0.1, 0.15) is 6.23 Å². The van der Waals surface area contributed by atoms with Crippen LogP contribution in [0.4, 0.5) is 0 Å². The summed E-state index contributed by atoms with van der Waals surface area (Å²) >= 11 is 0. The van der Waals surface area contributed by atoms with Gasteiger partial charge >= 0.3 is 0 Å². The van der Waals surface area contributed by atoms with Crippen LogP contribution in [0.1, 0.15) is 18.4 Å². The monoisotopic (exact) mass is 191 g/mol. The average Bonchev–Trinajstić information content (AvgIpc) is 2.26.